The normalized spacial score (nSPS) is 11.5. The molecule has 0 fully saturated rings. The van der Waals surface area contributed by atoms with Crippen LogP contribution in [-0.2, 0) is 10.0 Å². The van der Waals surface area contributed by atoms with Crippen molar-refractivity contribution in [3.05, 3.63) is 77.5 Å². The molecule has 1 heterocycles. The Morgan fingerprint density at radius 3 is 2.54 bits per heavy atom. The molecule has 0 saturated heterocycles. The van der Waals surface area contributed by atoms with Gasteiger partial charge in [-0.25, -0.2) is 13.4 Å². The molecule has 8 heteroatoms. The maximum atomic E-state index is 12.8. The summed E-state index contributed by atoms with van der Waals surface area (Å²) in [5.74, 6) is 0.275. The largest absolute Gasteiger partial charge is 0.495 e. The Morgan fingerprint density at radius 1 is 1.04 bits per heavy atom. The number of hydrogen-bond donors (Lipinski definition) is 1. The van der Waals surface area contributed by atoms with Gasteiger partial charge in [0, 0.05) is 15.8 Å². The van der Waals surface area contributed by atoms with Crippen LogP contribution in [0, 0.1) is 0 Å². The van der Waals surface area contributed by atoms with Crippen molar-refractivity contribution in [2.24, 2.45) is 0 Å². The van der Waals surface area contributed by atoms with Gasteiger partial charge in [0.25, 0.3) is 10.0 Å². The van der Waals surface area contributed by atoms with Gasteiger partial charge >= 0.3 is 0 Å². The highest BCUT2D eigenvalue weighted by Crippen LogP contribution is 2.29. The van der Waals surface area contributed by atoms with E-state index >= 15 is 0 Å². The first-order valence-electron chi connectivity index (χ1n) is 8.37. The van der Waals surface area contributed by atoms with Crippen LogP contribution in [0.1, 0.15) is 0 Å². The van der Waals surface area contributed by atoms with Crippen LogP contribution in [0.25, 0.3) is 16.7 Å². The molecular weight excluding hydrogens is 442 g/mol. The summed E-state index contributed by atoms with van der Waals surface area (Å²) >= 11 is 3.30. The number of anilines is 1. The van der Waals surface area contributed by atoms with E-state index in [9.17, 15) is 8.42 Å². The lowest BCUT2D eigenvalue weighted by Crippen LogP contribution is -2.14. The third-order valence-corrected chi connectivity index (χ3v) is 6.16. The van der Waals surface area contributed by atoms with E-state index in [1.165, 1.54) is 13.2 Å². The van der Waals surface area contributed by atoms with Crippen molar-refractivity contribution < 1.29 is 13.2 Å². The Kier molecular flexibility index (Phi) is 4.82. The van der Waals surface area contributed by atoms with E-state index in [0.717, 1.165) is 16.7 Å². The number of imidazole rings is 1. The predicted molar refractivity (Wildman–Crippen MR) is 113 cm³/mol. The van der Waals surface area contributed by atoms with Crippen LogP contribution in [-0.4, -0.2) is 25.1 Å². The minimum Gasteiger partial charge on any atom is -0.495 e. The fourth-order valence-corrected chi connectivity index (χ4v) is 4.69. The smallest absolute Gasteiger partial charge is 0.265 e. The molecule has 1 aromatic heterocycles. The Morgan fingerprint density at radius 2 is 1.79 bits per heavy atom. The number of nitrogens with one attached hydrogen (secondary N) is 1. The van der Waals surface area contributed by atoms with Crippen molar-refractivity contribution in [3.63, 3.8) is 0 Å². The van der Waals surface area contributed by atoms with Gasteiger partial charge in [0.1, 0.15) is 17.0 Å². The molecule has 0 unspecified atom stereocenters. The summed E-state index contributed by atoms with van der Waals surface area (Å²) < 4.78 is 36.0. The number of ether oxygens (including phenoxy) is 1. The number of nitrogens with zero attached hydrogens (tertiary/aromatic N) is 2. The van der Waals surface area contributed by atoms with Gasteiger partial charge < -0.3 is 4.74 Å². The molecule has 142 valence electrons. The van der Waals surface area contributed by atoms with Crippen molar-refractivity contribution in [2.75, 3.05) is 11.8 Å². The van der Waals surface area contributed by atoms with Gasteiger partial charge in [-0.15, -0.1) is 0 Å². The highest BCUT2D eigenvalue weighted by Gasteiger charge is 2.20. The maximum Gasteiger partial charge on any atom is 0.265 e. The van der Waals surface area contributed by atoms with Crippen molar-refractivity contribution in [1.29, 1.82) is 0 Å². The van der Waals surface area contributed by atoms with E-state index in [1.54, 1.807) is 30.6 Å². The Balaban J connectivity index is 1.64. The first-order valence-corrected chi connectivity index (χ1v) is 10.6. The molecule has 3 aromatic carbocycles. The monoisotopic (exact) mass is 457 g/mol. The number of hydrogen-bond acceptors (Lipinski definition) is 4. The van der Waals surface area contributed by atoms with Crippen molar-refractivity contribution in [2.45, 2.75) is 4.90 Å². The van der Waals surface area contributed by atoms with Crippen LogP contribution in [0.3, 0.4) is 0 Å². The number of halogens is 1. The van der Waals surface area contributed by atoms with Crippen molar-refractivity contribution in [3.8, 4) is 11.4 Å². The molecule has 0 saturated carbocycles. The predicted octanol–water partition coefficient (Wildman–Crippen LogP) is 4.60. The molecule has 0 amide bonds. The third-order valence-electron chi connectivity index (χ3n) is 4.27. The first kappa shape index (κ1) is 18.5. The molecule has 1 N–H and O–H groups in total. The zero-order valence-corrected chi connectivity index (χ0v) is 17.2. The highest BCUT2D eigenvalue weighted by atomic mass is 79.9. The molecule has 0 aliphatic carbocycles. The second kappa shape index (κ2) is 7.29. The van der Waals surface area contributed by atoms with Gasteiger partial charge in [-0.1, -0.05) is 28.1 Å². The topological polar surface area (TPSA) is 73.2 Å². The molecule has 4 aromatic rings. The van der Waals surface area contributed by atoms with E-state index in [1.807, 2.05) is 41.0 Å². The average Bonchev–Trinajstić information content (AvgIpc) is 3.12. The summed E-state index contributed by atoms with van der Waals surface area (Å²) in [6, 6.07) is 19.8. The molecule has 0 aliphatic heterocycles. The maximum absolute atomic E-state index is 12.8. The van der Waals surface area contributed by atoms with E-state index in [0.29, 0.717) is 10.2 Å². The molecule has 0 spiro atoms. The summed E-state index contributed by atoms with van der Waals surface area (Å²) in [4.78, 5) is 4.44. The standard InChI is InChI=1S/C20H16BrN3O3S/c1-27-19-11-6-14(21)12-20(19)28(25,26)23-15-7-9-16(10-8-15)24-13-22-17-4-2-3-5-18(17)24/h2-13,23H,1H3. The minimum absolute atomic E-state index is 0.0639. The fraction of sp³-hybridized carbons (Fsp3) is 0.0500. The first-order chi connectivity index (χ1) is 13.5. The lowest BCUT2D eigenvalue weighted by molar-refractivity contribution is 0.403. The Bertz CT molecular complexity index is 1250. The zero-order valence-electron chi connectivity index (χ0n) is 14.8. The number of para-hydroxylation sites is 2. The molecular formula is C20H16BrN3O3S. The number of sulfonamides is 1. The van der Waals surface area contributed by atoms with Gasteiger partial charge in [-0.05, 0) is 54.6 Å². The SMILES string of the molecule is COc1ccc(Br)cc1S(=O)(=O)Nc1ccc(-n2cnc3ccccc32)cc1. The average molecular weight is 458 g/mol. The van der Waals surface area contributed by atoms with Crippen LogP contribution in [0.5, 0.6) is 5.75 Å². The van der Waals surface area contributed by atoms with Gasteiger partial charge in [0.15, 0.2) is 0 Å². The number of methoxy groups -OCH3 is 1. The van der Waals surface area contributed by atoms with Gasteiger partial charge in [-0.2, -0.15) is 0 Å². The number of fused-ring (bicyclic) bond motifs is 1. The second-order valence-corrected chi connectivity index (χ2v) is 8.62. The van der Waals surface area contributed by atoms with Crippen molar-refractivity contribution in [1.82, 2.24) is 9.55 Å². The molecule has 0 atom stereocenters. The zero-order chi connectivity index (χ0) is 19.7. The van der Waals surface area contributed by atoms with Crippen LogP contribution >= 0.6 is 15.9 Å². The highest BCUT2D eigenvalue weighted by molar-refractivity contribution is 9.10. The van der Waals surface area contributed by atoms with Crippen LogP contribution in [0.2, 0.25) is 0 Å². The summed E-state index contributed by atoms with van der Waals surface area (Å²) in [5, 5.41) is 0. The van der Waals surface area contributed by atoms with E-state index in [2.05, 4.69) is 25.6 Å². The van der Waals surface area contributed by atoms with Crippen molar-refractivity contribution >= 4 is 42.7 Å². The lowest BCUT2D eigenvalue weighted by Gasteiger charge is -2.12. The number of benzene rings is 3. The van der Waals surface area contributed by atoms with Crippen LogP contribution in [0.4, 0.5) is 5.69 Å². The Hall–Kier alpha value is -2.84. The minimum atomic E-state index is -3.80. The summed E-state index contributed by atoms with van der Waals surface area (Å²) in [6.45, 7) is 0. The quantitative estimate of drug-likeness (QED) is 0.475. The van der Waals surface area contributed by atoms with E-state index < -0.39 is 10.0 Å². The van der Waals surface area contributed by atoms with Crippen LogP contribution < -0.4 is 9.46 Å². The molecule has 4 rings (SSSR count). The van der Waals surface area contributed by atoms with E-state index in [-0.39, 0.29) is 10.6 Å². The molecule has 6 nitrogen and oxygen atoms in total. The van der Waals surface area contributed by atoms with Gasteiger partial charge in [0.2, 0.25) is 0 Å². The van der Waals surface area contributed by atoms with Crippen LogP contribution in [0.15, 0.2) is 82.4 Å². The molecule has 0 aliphatic rings. The summed E-state index contributed by atoms with van der Waals surface area (Å²) in [5.41, 5.74) is 3.22. The number of rotatable bonds is 5. The number of aromatic nitrogens is 2. The second-order valence-electron chi connectivity index (χ2n) is 6.05. The van der Waals surface area contributed by atoms with E-state index in [4.69, 9.17) is 4.74 Å². The summed E-state index contributed by atoms with van der Waals surface area (Å²) in [7, 11) is -2.37. The lowest BCUT2D eigenvalue weighted by atomic mass is 10.2. The summed E-state index contributed by atoms with van der Waals surface area (Å²) in [6.07, 6.45) is 1.75. The fourth-order valence-electron chi connectivity index (χ4n) is 2.93. The molecule has 0 bridgehead atoms. The molecule has 28 heavy (non-hydrogen) atoms. The van der Waals surface area contributed by atoms with Gasteiger partial charge in [0.05, 0.1) is 18.1 Å². The van der Waals surface area contributed by atoms with Gasteiger partial charge in [-0.3, -0.25) is 9.29 Å². The third kappa shape index (κ3) is 3.48. The molecule has 0 radical (unpaired) electrons. The Labute approximate surface area is 171 Å².